The molecule has 3 rings (SSSR count). The van der Waals surface area contributed by atoms with Crippen LogP contribution in [0.15, 0.2) is 58.1 Å². The van der Waals surface area contributed by atoms with Crippen LogP contribution in [0.25, 0.3) is 0 Å². The van der Waals surface area contributed by atoms with Crippen LogP contribution in [0.2, 0.25) is 0 Å². The summed E-state index contributed by atoms with van der Waals surface area (Å²) in [5.41, 5.74) is 1.88. The van der Waals surface area contributed by atoms with Crippen molar-refractivity contribution < 1.29 is 14.3 Å². The fourth-order valence-corrected chi connectivity index (χ4v) is 2.63. The molecule has 124 valence electrons. The maximum Gasteiger partial charge on any atom is 0.247 e. The molecule has 0 saturated carbocycles. The van der Waals surface area contributed by atoms with Gasteiger partial charge >= 0.3 is 0 Å². The fourth-order valence-electron chi connectivity index (χ4n) is 2.37. The molecule has 0 bridgehead atoms. The third-order valence-electron chi connectivity index (χ3n) is 3.61. The Morgan fingerprint density at radius 3 is 2.62 bits per heavy atom. The number of hydrazone groups is 1. The van der Waals surface area contributed by atoms with Crippen LogP contribution < -0.4 is 4.74 Å². The summed E-state index contributed by atoms with van der Waals surface area (Å²) >= 11 is 3.40. The average Bonchev–Trinajstić information content (AvgIpc) is 2.99. The normalized spacial score (nSPS) is 16.5. The van der Waals surface area contributed by atoms with Gasteiger partial charge in [0.05, 0.1) is 0 Å². The quantitative estimate of drug-likeness (QED) is 0.794. The summed E-state index contributed by atoms with van der Waals surface area (Å²) in [6.45, 7) is 3.60. The fraction of sp³-hybridized carbons (Fsp3) is 0.222. The van der Waals surface area contributed by atoms with E-state index >= 15 is 0 Å². The molecule has 6 heteroatoms. The Labute approximate surface area is 149 Å². The van der Waals surface area contributed by atoms with Crippen LogP contribution in [0.3, 0.4) is 0 Å². The zero-order valence-corrected chi connectivity index (χ0v) is 15.0. The monoisotopic (exact) mass is 388 g/mol. The summed E-state index contributed by atoms with van der Waals surface area (Å²) in [5.74, 6) is 0.959. The van der Waals surface area contributed by atoms with Gasteiger partial charge in [-0.05, 0) is 30.7 Å². The van der Waals surface area contributed by atoms with E-state index in [4.69, 9.17) is 9.47 Å². The Morgan fingerprint density at radius 1 is 1.25 bits per heavy atom. The van der Waals surface area contributed by atoms with Crippen molar-refractivity contribution in [1.82, 2.24) is 5.01 Å². The highest BCUT2D eigenvalue weighted by Gasteiger charge is 2.32. The summed E-state index contributed by atoms with van der Waals surface area (Å²) in [4.78, 5) is 11.9. The number of carbonyl (C=O) groups excluding carboxylic acids is 1. The van der Waals surface area contributed by atoms with E-state index < -0.39 is 6.23 Å². The van der Waals surface area contributed by atoms with Crippen LogP contribution in [0.4, 0.5) is 0 Å². The SMILES string of the molecule is CC(=O)N1N=C(COc2ccccc2C)OC1c1ccc(Br)cc1. The average molecular weight is 389 g/mol. The number of nitrogens with zero attached hydrogens (tertiary/aromatic N) is 2. The van der Waals surface area contributed by atoms with E-state index in [2.05, 4.69) is 21.0 Å². The number of amides is 1. The lowest BCUT2D eigenvalue weighted by atomic mass is 10.2. The van der Waals surface area contributed by atoms with E-state index in [0.29, 0.717) is 5.90 Å². The Balaban J connectivity index is 1.73. The first kappa shape index (κ1) is 16.5. The minimum Gasteiger partial charge on any atom is -0.484 e. The molecule has 0 aliphatic carbocycles. The minimum absolute atomic E-state index is 0.168. The number of aryl methyl sites for hydroxylation is 1. The van der Waals surface area contributed by atoms with Crippen LogP contribution in [0, 0.1) is 6.92 Å². The molecule has 1 unspecified atom stereocenters. The second-order valence-electron chi connectivity index (χ2n) is 5.43. The summed E-state index contributed by atoms with van der Waals surface area (Å²) in [6, 6.07) is 15.3. The van der Waals surface area contributed by atoms with Crippen LogP contribution in [0.1, 0.15) is 24.3 Å². The summed E-state index contributed by atoms with van der Waals surface area (Å²) < 4.78 is 12.5. The molecule has 0 radical (unpaired) electrons. The lowest BCUT2D eigenvalue weighted by Crippen LogP contribution is -2.25. The Bertz CT molecular complexity index is 774. The van der Waals surface area contributed by atoms with Gasteiger partial charge in [0.25, 0.3) is 0 Å². The zero-order valence-electron chi connectivity index (χ0n) is 13.4. The van der Waals surface area contributed by atoms with Gasteiger partial charge in [-0.1, -0.05) is 46.3 Å². The lowest BCUT2D eigenvalue weighted by molar-refractivity contribution is -0.135. The molecular formula is C18H17BrN2O3. The third-order valence-corrected chi connectivity index (χ3v) is 4.14. The van der Waals surface area contributed by atoms with E-state index in [9.17, 15) is 4.79 Å². The third kappa shape index (κ3) is 3.59. The molecule has 5 nitrogen and oxygen atoms in total. The molecule has 24 heavy (non-hydrogen) atoms. The number of carbonyl (C=O) groups is 1. The number of hydrogen-bond donors (Lipinski definition) is 0. The molecule has 2 aromatic rings. The van der Waals surface area contributed by atoms with Crippen molar-refractivity contribution in [3.05, 3.63) is 64.1 Å². The van der Waals surface area contributed by atoms with E-state index in [1.807, 2.05) is 55.5 Å². The topological polar surface area (TPSA) is 51.1 Å². The van der Waals surface area contributed by atoms with Crippen LogP contribution in [-0.4, -0.2) is 23.4 Å². The maximum absolute atomic E-state index is 11.9. The number of rotatable bonds is 4. The second kappa shape index (κ2) is 7.05. The van der Waals surface area contributed by atoms with Gasteiger partial charge in [-0.3, -0.25) is 4.79 Å². The van der Waals surface area contributed by atoms with Gasteiger partial charge in [0.2, 0.25) is 18.0 Å². The summed E-state index contributed by atoms with van der Waals surface area (Å²) in [5, 5.41) is 5.59. The first-order valence-electron chi connectivity index (χ1n) is 7.52. The molecule has 1 atom stereocenters. The molecular weight excluding hydrogens is 372 g/mol. The predicted octanol–water partition coefficient (Wildman–Crippen LogP) is 4.03. The molecule has 0 spiro atoms. The Kier molecular flexibility index (Phi) is 4.85. The smallest absolute Gasteiger partial charge is 0.247 e. The number of hydrogen-bond acceptors (Lipinski definition) is 4. The van der Waals surface area contributed by atoms with Crippen LogP contribution in [-0.2, 0) is 9.53 Å². The molecule has 0 saturated heterocycles. The molecule has 1 amide bonds. The largest absolute Gasteiger partial charge is 0.484 e. The maximum atomic E-state index is 11.9. The van der Waals surface area contributed by atoms with Gasteiger partial charge in [0.15, 0.2) is 6.61 Å². The van der Waals surface area contributed by atoms with E-state index in [0.717, 1.165) is 21.3 Å². The second-order valence-corrected chi connectivity index (χ2v) is 6.35. The highest BCUT2D eigenvalue weighted by Crippen LogP contribution is 2.29. The molecule has 0 N–H and O–H groups in total. The number of para-hydroxylation sites is 1. The van der Waals surface area contributed by atoms with Gasteiger partial charge in [-0.2, -0.15) is 5.01 Å². The van der Waals surface area contributed by atoms with Crippen LogP contribution in [0.5, 0.6) is 5.75 Å². The first-order valence-corrected chi connectivity index (χ1v) is 8.32. The Hall–Kier alpha value is -2.34. The van der Waals surface area contributed by atoms with Gasteiger partial charge in [-0.15, -0.1) is 5.10 Å². The van der Waals surface area contributed by atoms with Crippen molar-refractivity contribution in [3.8, 4) is 5.75 Å². The molecule has 0 aromatic heterocycles. The van der Waals surface area contributed by atoms with Crippen LogP contribution >= 0.6 is 15.9 Å². The van der Waals surface area contributed by atoms with Crippen molar-refractivity contribution in [3.63, 3.8) is 0 Å². The molecule has 1 aliphatic heterocycles. The number of halogens is 1. The predicted molar refractivity (Wildman–Crippen MR) is 94.6 cm³/mol. The van der Waals surface area contributed by atoms with E-state index in [1.54, 1.807) is 0 Å². The first-order chi connectivity index (χ1) is 11.5. The lowest BCUT2D eigenvalue weighted by Gasteiger charge is -2.19. The van der Waals surface area contributed by atoms with Gasteiger partial charge in [-0.25, -0.2) is 0 Å². The molecule has 1 heterocycles. The summed E-state index contributed by atoms with van der Waals surface area (Å²) in [6.07, 6.45) is -0.564. The van der Waals surface area contributed by atoms with Crippen molar-refractivity contribution in [1.29, 1.82) is 0 Å². The number of benzene rings is 2. The molecule has 0 fully saturated rings. The molecule has 2 aromatic carbocycles. The molecule has 1 aliphatic rings. The van der Waals surface area contributed by atoms with Crippen molar-refractivity contribution in [2.75, 3.05) is 6.61 Å². The Morgan fingerprint density at radius 2 is 1.96 bits per heavy atom. The number of ether oxygens (including phenoxy) is 2. The van der Waals surface area contributed by atoms with Crippen molar-refractivity contribution in [2.24, 2.45) is 5.10 Å². The van der Waals surface area contributed by atoms with Gasteiger partial charge in [0.1, 0.15) is 5.75 Å². The van der Waals surface area contributed by atoms with E-state index in [-0.39, 0.29) is 12.5 Å². The van der Waals surface area contributed by atoms with E-state index in [1.165, 1.54) is 11.9 Å². The summed E-state index contributed by atoms with van der Waals surface area (Å²) in [7, 11) is 0. The highest BCUT2D eigenvalue weighted by atomic mass is 79.9. The van der Waals surface area contributed by atoms with Crippen molar-refractivity contribution >= 4 is 27.7 Å². The van der Waals surface area contributed by atoms with Gasteiger partial charge in [0, 0.05) is 17.0 Å². The minimum atomic E-state index is -0.564. The van der Waals surface area contributed by atoms with Gasteiger partial charge < -0.3 is 9.47 Å². The standard InChI is InChI=1S/C18H17BrN2O3/c1-12-5-3-4-6-16(12)23-11-17-20-21(13(2)22)18(24-17)14-7-9-15(19)10-8-14/h3-10,18H,11H2,1-2H3. The zero-order chi connectivity index (χ0) is 17.1. The highest BCUT2D eigenvalue weighted by molar-refractivity contribution is 9.10. The van der Waals surface area contributed by atoms with Crippen molar-refractivity contribution in [2.45, 2.75) is 20.1 Å².